The Labute approximate surface area is 247 Å². The summed E-state index contributed by atoms with van der Waals surface area (Å²) in [5, 5.41) is 5.89. The lowest BCUT2D eigenvalue weighted by Gasteiger charge is -2.31. The summed E-state index contributed by atoms with van der Waals surface area (Å²) in [5.74, 6) is -0.423. The molecule has 2 aromatic heterocycles. The van der Waals surface area contributed by atoms with Gasteiger partial charge in [0.05, 0.1) is 6.33 Å². The Hall–Kier alpha value is -3.32. The fraction of sp³-hybridized carbons (Fsp3) is 0.600. The number of amides is 2. The summed E-state index contributed by atoms with van der Waals surface area (Å²) >= 11 is 0. The first-order valence-electron chi connectivity index (χ1n) is 14.7. The van der Waals surface area contributed by atoms with Crippen LogP contribution in [0.5, 0.6) is 0 Å². The van der Waals surface area contributed by atoms with Gasteiger partial charge in [-0.3, -0.25) is 9.47 Å². The van der Waals surface area contributed by atoms with Gasteiger partial charge in [0.15, 0.2) is 23.5 Å². The minimum atomic E-state index is -0.743. The molecule has 2 saturated heterocycles. The van der Waals surface area contributed by atoms with E-state index in [1.807, 2.05) is 30.5 Å². The van der Waals surface area contributed by atoms with Crippen LogP contribution >= 0.6 is 0 Å². The van der Waals surface area contributed by atoms with Crippen molar-refractivity contribution in [1.29, 1.82) is 0 Å². The third-order valence-electron chi connectivity index (χ3n) is 7.85. The topological polar surface area (TPSA) is 142 Å². The van der Waals surface area contributed by atoms with E-state index >= 15 is 0 Å². The van der Waals surface area contributed by atoms with Crippen molar-refractivity contribution in [2.75, 3.05) is 30.7 Å². The Morgan fingerprint density at radius 3 is 2.52 bits per heavy atom. The van der Waals surface area contributed by atoms with Crippen molar-refractivity contribution in [2.45, 2.75) is 96.7 Å². The zero-order chi connectivity index (χ0) is 30.2. The highest BCUT2D eigenvalue weighted by molar-refractivity contribution is 5.89. The maximum absolute atomic E-state index is 12.5. The Kier molecular flexibility index (Phi) is 8.44. The first kappa shape index (κ1) is 30.1. The Morgan fingerprint density at radius 2 is 1.83 bits per heavy atom. The second kappa shape index (κ2) is 11.8. The molecule has 0 unspecified atom stereocenters. The zero-order valence-corrected chi connectivity index (χ0v) is 25.6. The number of hydrogen-bond donors (Lipinski definition) is 3. The molecule has 1 aromatic carbocycles. The zero-order valence-electron chi connectivity index (χ0n) is 25.6. The molecule has 2 aliphatic rings. The van der Waals surface area contributed by atoms with E-state index in [-0.39, 0.29) is 35.8 Å². The van der Waals surface area contributed by atoms with E-state index in [2.05, 4.69) is 77.2 Å². The molecule has 0 bridgehead atoms. The highest BCUT2D eigenvalue weighted by atomic mass is 16.8. The van der Waals surface area contributed by atoms with E-state index in [0.717, 1.165) is 18.7 Å². The van der Waals surface area contributed by atoms with Gasteiger partial charge in [0, 0.05) is 31.4 Å². The van der Waals surface area contributed by atoms with Gasteiger partial charge in [-0.15, -0.1) is 0 Å². The number of nitrogens with zero attached hydrogens (tertiary/aromatic N) is 5. The van der Waals surface area contributed by atoms with Crippen molar-refractivity contribution in [2.24, 2.45) is 0 Å². The molecule has 12 heteroatoms. The van der Waals surface area contributed by atoms with Crippen LogP contribution in [0.1, 0.15) is 66.7 Å². The second-order valence-corrected chi connectivity index (χ2v) is 12.9. The minimum absolute atomic E-state index is 0.0683. The number of nitrogens with two attached hydrogens (primary N) is 1. The summed E-state index contributed by atoms with van der Waals surface area (Å²) in [4.78, 5) is 27.7. The Balaban J connectivity index is 1.18. The normalized spacial score (nSPS) is 23.5. The monoisotopic (exact) mass is 580 g/mol. The maximum Gasteiger partial charge on any atom is 0.319 e. The number of hydrogen-bond acceptors (Lipinski definition) is 9. The second-order valence-electron chi connectivity index (χ2n) is 12.9. The highest BCUT2D eigenvalue weighted by Gasteiger charge is 2.56. The number of ether oxygens (including phenoxy) is 3. The van der Waals surface area contributed by atoms with Crippen molar-refractivity contribution in [3.05, 3.63) is 42.5 Å². The van der Waals surface area contributed by atoms with E-state index in [9.17, 15) is 4.79 Å². The van der Waals surface area contributed by atoms with Gasteiger partial charge in [-0.05, 0) is 57.2 Å². The third-order valence-corrected chi connectivity index (χ3v) is 7.85. The average Bonchev–Trinajstić information content (AvgIpc) is 3.57. The number of imidazole rings is 1. The predicted octanol–water partition coefficient (Wildman–Crippen LogP) is 4.05. The van der Waals surface area contributed by atoms with Gasteiger partial charge in [0.25, 0.3) is 0 Å². The summed E-state index contributed by atoms with van der Waals surface area (Å²) in [7, 11) is 0. The summed E-state index contributed by atoms with van der Waals surface area (Å²) in [6.07, 6.45) is 2.56. The van der Waals surface area contributed by atoms with Crippen molar-refractivity contribution >= 4 is 28.7 Å². The number of carbonyl (C=O) groups is 1. The van der Waals surface area contributed by atoms with Gasteiger partial charge in [-0.1, -0.05) is 32.9 Å². The van der Waals surface area contributed by atoms with Crippen molar-refractivity contribution in [1.82, 2.24) is 29.7 Å². The average molecular weight is 581 g/mol. The molecule has 0 aliphatic carbocycles. The molecule has 4 atom stereocenters. The molecule has 2 fully saturated rings. The lowest BCUT2D eigenvalue weighted by Crippen LogP contribution is -2.44. The summed E-state index contributed by atoms with van der Waals surface area (Å²) in [6, 6.07) is 8.03. The van der Waals surface area contributed by atoms with Crippen LogP contribution in [0.15, 0.2) is 36.9 Å². The first-order chi connectivity index (χ1) is 19.8. The number of aromatic nitrogens is 4. The fourth-order valence-electron chi connectivity index (χ4n) is 5.59. The van der Waals surface area contributed by atoms with Crippen molar-refractivity contribution in [3.8, 4) is 0 Å². The van der Waals surface area contributed by atoms with E-state index in [1.54, 1.807) is 6.33 Å². The van der Waals surface area contributed by atoms with E-state index in [4.69, 9.17) is 19.9 Å². The van der Waals surface area contributed by atoms with Crippen LogP contribution in [0.25, 0.3) is 11.2 Å². The molecule has 3 aromatic rings. The maximum atomic E-state index is 12.5. The SMILES string of the molecule is CC(C)N(CCCNC(=O)Nc1ccc(C(C)(C)C)cc1)C[C@H]1O[C@@H](n2cnc3c(N)ncnc32)[C@@H]2OC(C)(C)O[C@@H]21. The van der Waals surface area contributed by atoms with Gasteiger partial charge in [-0.2, -0.15) is 0 Å². The number of urea groups is 1. The van der Waals surface area contributed by atoms with Crippen molar-refractivity contribution < 1.29 is 19.0 Å². The largest absolute Gasteiger partial charge is 0.382 e. The Morgan fingerprint density at radius 1 is 1.12 bits per heavy atom. The molecule has 2 aliphatic heterocycles. The number of fused-ring (bicyclic) bond motifs is 2. The van der Waals surface area contributed by atoms with E-state index in [1.165, 1.54) is 11.9 Å². The lowest BCUT2D eigenvalue weighted by molar-refractivity contribution is -0.198. The summed E-state index contributed by atoms with van der Waals surface area (Å²) in [5.41, 5.74) is 9.20. The van der Waals surface area contributed by atoms with Crippen LogP contribution in [0.2, 0.25) is 0 Å². The molecule has 5 rings (SSSR count). The van der Waals surface area contributed by atoms with Crippen LogP contribution in [0.3, 0.4) is 0 Å². The molecule has 42 heavy (non-hydrogen) atoms. The number of nitrogen functional groups attached to an aromatic ring is 1. The molecule has 228 valence electrons. The van der Waals surface area contributed by atoms with Crippen LogP contribution in [-0.2, 0) is 19.6 Å². The van der Waals surface area contributed by atoms with Crippen LogP contribution in [0.4, 0.5) is 16.3 Å². The number of carbonyl (C=O) groups excluding carboxylic acids is 1. The minimum Gasteiger partial charge on any atom is -0.382 e. The number of nitrogens with one attached hydrogen (secondary N) is 2. The Bertz CT molecular complexity index is 1380. The van der Waals surface area contributed by atoms with E-state index in [0.29, 0.717) is 30.1 Å². The predicted molar refractivity (Wildman–Crippen MR) is 161 cm³/mol. The van der Waals surface area contributed by atoms with Crippen LogP contribution < -0.4 is 16.4 Å². The van der Waals surface area contributed by atoms with Gasteiger partial charge >= 0.3 is 6.03 Å². The van der Waals surface area contributed by atoms with Gasteiger partial charge in [0.1, 0.15) is 30.2 Å². The molecule has 2 amide bonds. The number of rotatable bonds is 9. The summed E-state index contributed by atoms with van der Waals surface area (Å²) < 4.78 is 21.1. The van der Waals surface area contributed by atoms with Crippen LogP contribution in [-0.4, -0.2) is 80.2 Å². The third kappa shape index (κ3) is 6.51. The molecule has 12 nitrogen and oxygen atoms in total. The standard InChI is InChI=1S/C30H44N8O4/c1-18(2)37(14-8-13-32-28(39)36-20-11-9-19(10-12-20)29(3,4)5)15-21-23-24(42-30(6,7)41-23)27(40-21)38-17-35-22-25(31)33-16-34-26(22)38/h9-12,16-18,21,23-24,27H,8,13-15H2,1-7H3,(H2,31,33,34)(H2,32,36,39)/t21-,23-,24-,27-/m1/s1. The van der Waals surface area contributed by atoms with Crippen LogP contribution in [0, 0.1) is 0 Å². The molecular weight excluding hydrogens is 536 g/mol. The molecule has 4 heterocycles. The van der Waals surface area contributed by atoms with Gasteiger partial charge in [0.2, 0.25) is 0 Å². The molecule has 0 spiro atoms. The molecule has 4 N–H and O–H groups in total. The fourth-order valence-corrected chi connectivity index (χ4v) is 5.59. The molecule has 0 saturated carbocycles. The smallest absolute Gasteiger partial charge is 0.319 e. The van der Waals surface area contributed by atoms with Gasteiger partial charge in [-0.25, -0.2) is 19.7 Å². The number of anilines is 2. The first-order valence-corrected chi connectivity index (χ1v) is 14.7. The van der Waals surface area contributed by atoms with Gasteiger partial charge < -0.3 is 30.6 Å². The lowest BCUT2D eigenvalue weighted by atomic mass is 9.87. The van der Waals surface area contributed by atoms with Crippen molar-refractivity contribution in [3.63, 3.8) is 0 Å². The highest BCUT2D eigenvalue weighted by Crippen LogP contribution is 2.44. The molecular formula is C30H44N8O4. The molecule has 0 radical (unpaired) electrons. The van der Waals surface area contributed by atoms with E-state index < -0.39 is 12.0 Å². The quantitative estimate of drug-likeness (QED) is 0.320. The summed E-state index contributed by atoms with van der Waals surface area (Å²) in [6.45, 7) is 16.6. The number of benzene rings is 1.